The number of nitrogens with two attached hydrogens (primary N) is 1. The van der Waals surface area contributed by atoms with Crippen molar-refractivity contribution >= 4 is 21.0 Å². The number of fused-ring (bicyclic) bond motifs is 1. The van der Waals surface area contributed by atoms with Gasteiger partial charge in [-0.05, 0) is 12.5 Å². The molecule has 2 aromatic rings. The molecule has 0 fully saturated rings. The lowest BCUT2D eigenvalue weighted by molar-refractivity contribution is 0.525. The van der Waals surface area contributed by atoms with Crippen LogP contribution in [0.1, 0.15) is 31.1 Å². The number of para-hydroxylation sites is 1. The fourth-order valence-electron chi connectivity index (χ4n) is 2.31. The number of sulfonamides is 1. The van der Waals surface area contributed by atoms with Gasteiger partial charge in [-0.3, -0.25) is 0 Å². The van der Waals surface area contributed by atoms with Crippen molar-refractivity contribution in [2.24, 2.45) is 5.14 Å². The Labute approximate surface area is 125 Å². The molecule has 0 spiro atoms. The first-order valence-electron chi connectivity index (χ1n) is 7.21. The maximum absolute atomic E-state index is 10.9. The number of unbranched alkanes of at least 4 members (excludes halogenated alkanes) is 1. The maximum Gasteiger partial charge on any atom is 0.210 e. The van der Waals surface area contributed by atoms with E-state index >= 15 is 0 Å². The second-order valence-corrected chi connectivity index (χ2v) is 6.88. The molecule has 0 aliphatic carbocycles. The Morgan fingerprint density at radius 1 is 1.29 bits per heavy atom. The van der Waals surface area contributed by atoms with Gasteiger partial charge in [0.15, 0.2) is 0 Å². The molecule has 21 heavy (non-hydrogen) atoms. The van der Waals surface area contributed by atoms with Gasteiger partial charge in [-0.2, -0.15) is 0 Å². The van der Waals surface area contributed by atoms with E-state index in [9.17, 15) is 8.42 Å². The summed E-state index contributed by atoms with van der Waals surface area (Å²) in [6, 6.07) is 7.92. The van der Waals surface area contributed by atoms with Crippen LogP contribution in [-0.2, 0) is 23.0 Å². The van der Waals surface area contributed by atoms with E-state index < -0.39 is 10.0 Å². The Kier molecular flexibility index (Phi) is 5.39. The molecule has 5 nitrogen and oxygen atoms in total. The second-order valence-electron chi connectivity index (χ2n) is 5.15. The predicted octanol–water partition coefficient (Wildman–Crippen LogP) is 2.15. The zero-order valence-corrected chi connectivity index (χ0v) is 13.1. The molecule has 0 saturated heterocycles. The molecule has 3 N–H and O–H groups in total. The Balaban J connectivity index is 2.12. The smallest absolute Gasteiger partial charge is 0.210 e. The molecule has 1 aromatic heterocycles. The second kappa shape index (κ2) is 7.06. The average Bonchev–Trinajstić information content (AvgIpc) is 2.78. The van der Waals surface area contributed by atoms with Crippen LogP contribution >= 0.6 is 0 Å². The third-order valence-electron chi connectivity index (χ3n) is 3.40. The number of primary sulfonamides is 1. The van der Waals surface area contributed by atoms with Crippen LogP contribution in [0.4, 0.5) is 0 Å². The topological polar surface area (TPSA) is 85.3 Å². The summed E-state index contributed by atoms with van der Waals surface area (Å²) in [6.45, 7) is 3.07. The summed E-state index contributed by atoms with van der Waals surface area (Å²) >= 11 is 0. The van der Waals surface area contributed by atoms with Crippen LogP contribution in [0.15, 0.2) is 28.7 Å². The summed E-state index contributed by atoms with van der Waals surface area (Å²) in [7, 11) is -3.42. The monoisotopic (exact) mass is 310 g/mol. The van der Waals surface area contributed by atoms with E-state index in [4.69, 9.17) is 9.56 Å². The van der Waals surface area contributed by atoms with Gasteiger partial charge in [0, 0.05) is 30.5 Å². The fraction of sp³-hybridized carbons (Fsp3) is 0.467. The minimum atomic E-state index is -3.42. The first-order valence-corrected chi connectivity index (χ1v) is 8.93. The number of hydrogen-bond donors (Lipinski definition) is 2. The fourth-order valence-corrected chi connectivity index (χ4v) is 2.74. The highest BCUT2D eigenvalue weighted by molar-refractivity contribution is 7.89. The molecular weight excluding hydrogens is 288 g/mol. The molecule has 1 heterocycles. The van der Waals surface area contributed by atoms with E-state index in [1.807, 2.05) is 24.3 Å². The lowest BCUT2D eigenvalue weighted by Gasteiger charge is -2.05. The molecule has 6 heteroatoms. The molecule has 116 valence electrons. The molecule has 0 amide bonds. The number of benzene rings is 1. The van der Waals surface area contributed by atoms with Crippen LogP contribution in [0.5, 0.6) is 0 Å². The highest BCUT2D eigenvalue weighted by Gasteiger charge is 2.13. The van der Waals surface area contributed by atoms with Crippen molar-refractivity contribution in [2.75, 3.05) is 12.3 Å². The van der Waals surface area contributed by atoms with Crippen molar-refractivity contribution in [1.29, 1.82) is 0 Å². The molecule has 0 radical (unpaired) electrons. The van der Waals surface area contributed by atoms with Gasteiger partial charge in [-0.25, -0.2) is 13.6 Å². The van der Waals surface area contributed by atoms with Gasteiger partial charge in [0.05, 0.1) is 5.75 Å². The van der Waals surface area contributed by atoms with Crippen LogP contribution in [0, 0.1) is 0 Å². The van der Waals surface area contributed by atoms with Crippen LogP contribution in [0.3, 0.4) is 0 Å². The van der Waals surface area contributed by atoms with Gasteiger partial charge in [0.2, 0.25) is 10.0 Å². The van der Waals surface area contributed by atoms with Crippen molar-refractivity contribution in [1.82, 2.24) is 5.32 Å². The Morgan fingerprint density at radius 3 is 2.76 bits per heavy atom. The number of furan rings is 1. The van der Waals surface area contributed by atoms with Gasteiger partial charge in [-0.15, -0.1) is 0 Å². The lowest BCUT2D eigenvalue weighted by atomic mass is 10.1. The van der Waals surface area contributed by atoms with E-state index in [0.29, 0.717) is 13.1 Å². The summed E-state index contributed by atoms with van der Waals surface area (Å²) in [5, 5.41) is 9.22. The third kappa shape index (κ3) is 4.56. The Bertz CT molecular complexity index is 692. The summed E-state index contributed by atoms with van der Waals surface area (Å²) in [5.41, 5.74) is 2.00. The van der Waals surface area contributed by atoms with E-state index in [2.05, 4.69) is 12.2 Å². The molecular formula is C15H22N2O3S. The average molecular weight is 310 g/mol. The SMILES string of the molecule is CCCCc1oc2ccccc2c1CNCCS(N)(=O)=O. The molecule has 0 aliphatic rings. The van der Waals surface area contributed by atoms with Gasteiger partial charge in [-0.1, -0.05) is 31.5 Å². The molecule has 1 aromatic carbocycles. The molecule has 0 aliphatic heterocycles. The van der Waals surface area contributed by atoms with Gasteiger partial charge >= 0.3 is 0 Å². The molecule has 2 rings (SSSR count). The van der Waals surface area contributed by atoms with E-state index in [1.165, 1.54) is 0 Å². The minimum absolute atomic E-state index is 0.0624. The van der Waals surface area contributed by atoms with Gasteiger partial charge < -0.3 is 9.73 Å². The zero-order valence-electron chi connectivity index (χ0n) is 12.3. The highest BCUT2D eigenvalue weighted by atomic mass is 32.2. The summed E-state index contributed by atoms with van der Waals surface area (Å²) in [6.07, 6.45) is 3.08. The van der Waals surface area contributed by atoms with Crippen molar-refractivity contribution in [3.63, 3.8) is 0 Å². The Morgan fingerprint density at radius 2 is 2.05 bits per heavy atom. The first-order chi connectivity index (χ1) is 10.0. The molecule has 0 saturated carbocycles. The number of aryl methyl sites for hydroxylation is 1. The van der Waals surface area contributed by atoms with Crippen molar-refractivity contribution < 1.29 is 12.8 Å². The summed E-state index contributed by atoms with van der Waals surface area (Å²) < 4.78 is 27.8. The van der Waals surface area contributed by atoms with Crippen molar-refractivity contribution in [2.45, 2.75) is 32.7 Å². The lowest BCUT2D eigenvalue weighted by Crippen LogP contribution is -2.27. The molecule has 0 bridgehead atoms. The zero-order chi connectivity index (χ0) is 15.3. The largest absolute Gasteiger partial charge is 0.461 e. The molecule has 0 atom stereocenters. The highest BCUT2D eigenvalue weighted by Crippen LogP contribution is 2.27. The van der Waals surface area contributed by atoms with Crippen LogP contribution in [-0.4, -0.2) is 20.7 Å². The van der Waals surface area contributed by atoms with E-state index in [1.54, 1.807) is 0 Å². The van der Waals surface area contributed by atoms with Gasteiger partial charge in [0.1, 0.15) is 11.3 Å². The Hall–Kier alpha value is -1.37. The van der Waals surface area contributed by atoms with Gasteiger partial charge in [0.25, 0.3) is 0 Å². The quantitative estimate of drug-likeness (QED) is 0.732. The predicted molar refractivity (Wildman–Crippen MR) is 84.5 cm³/mol. The summed E-state index contributed by atoms with van der Waals surface area (Å²) in [5.74, 6) is 0.925. The minimum Gasteiger partial charge on any atom is -0.461 e. The standard InChI is InChI=1S/C15H22N2O3S/c1-2-3-7-15-13(11-17-9-10-21(16,18)19)12-6-4-5-8-14(12)20-15/h4-6,8,17H,2-3,7,9-11H2,1H3,(H2,16,18,19). The number of rotatable bonds is 8. The van der Waals surface area contributed by atoms with Crippen molar-refractivity contribution in [3.05, 3.63) is 35.6 Å². The van der Waals surface area contributed by atoms with Crippen LogP contribution in [0.25, 0.3) is 11.0 Å². The molecule has 0 unspecified atom stereocenters. The van der Waals surface area contributed by atoms with Crippen LogP contribution < -0.4 is 10.5 Å². The summed E-state index contributed by atoms with van der Waals surface area (Å²) in [4.78, 5) is 0. The van der Waals surface area contributed by atoms with E-state index in [0.717, 1.165) is 41.6 Å². The van der Waals surface area contributed by atoms with E-state index in [-0.39, 0.29) is 5.75 Å². The van der Waals surface area contributed by atoms with Crippen molar-refractivity contribution in [3.8, 4) is 0 Å². The third-order valence-corrected chi connectivity index (χ3v) is 4.18. The van der Waals surface area contributed by atoms with Crippen LogP contribution in [0.2, 0.25) is 0 Å². The normalized spacial score (nSPS) is 12.1. The first kappa shape index (κ1) is 16.0. The number of hydrogen-bond acceptors (Lipinski definition) is 4. The maximum atomic E-state index is 10.9. The number of nitrogens with one attached hydrogen (secondary N) is 1.